The van der Waals surface area contributed by atoms with E-state index in [1.807, 2.05) is 4.72 Å². The van der Waals surface area contributed by atoms with Gasteiger partial charge in [-0.1, -0.05) is 32.9 Å². The molecule has 4 rings (SSSR count). The number of anilines is 2. The molecule has 3 aromatic carbocycles. The molecule has 0 radical (unpaired) electrons. The van der Waals surface area contributed by atoms with Gasteiger partial charge in [-0.25, -0.2) is 26.6 Å². The minimum absolute atomic E-state index is 0.0528. The van der Waals surface area contributed by atoms with Gasteiger partial charge < -0.3 is 20.0 Å². The number of halogens is 2. The molecule has 12 nitrogen and oxygen atoms in total. The van der Waals surface area contributed by atoms with Crippen LogP contribution in [0, 0.1) is 24.0 Å². The Hall–Kier alpha value is -5.38. The third-order valence-electron chi connectivity index (χ3n) is 7.50. The minimum Gasteiger partial charge on any atom is -0.343 e. The first-order valence-electron chi connectivity index (χ1n) is 14.9. The van der Waals surface area contributed by atoms with Crippen LogP contribution >= 0.6 is 0 Å². The number of sulfonamides is 1. The number of aromatic nitrogens is 2. The summed E-state index contributed by atoms with van der Waals surface area (Å²) in [6, 6.07) is 11.0. The molecule has 0 aliphatic heterocycles. The maximum atomic E-state index is 15.1. The van der Waals surface area contributed by atoms with Crippen molar-refractivity contribution in [1.82, 2.24) is 14.5 Å². The summed E-state index contributed by atoms with van der Waals surface area (Å²) in [5.74, 6) is -3.92. The molecule has 4 aromatic rings. The van der Waals surface area contributed by atoms with Crippen LogP contribution in [0.3, 0.4) is 0 Å². The van der Waals surface area contributed by atoms with Crippen LogP contribution in [0.25, 0.3) is 5.69 Å². The number of carbonyl (C=O) groups is 3. The lowest BCUT2D eigenvalue weighted by atomic mass is 9.90. The molecule has 0 saturated carbocycles. The Morgan fingerprint density at radius 2 is 1.55 bits per heavy atom. The lowest BCUT2D eigenvalue weighted by molar-refractivity contribution is -0.123. The summed E-state index contributed by atoms with van der Waals surface area (Å²) in [6.07, 6.45) is 1.37. The number of hydrogen-bond acceptors (Lipinski definition) is 7. The predicted octanol–water partition coefficient (Wildman–Crippen LogP) is 2.41. The zero-order valence-electron chi connectivity index (χ0n) is 27.6. The van der Waals surface area contributed by atoms with Gasteiger partial charge in [0.15, 0.2) is 7.85 Å². The Morgan fingerprint density at radius 3 is 2.12 bits per heavy atom. The summed E-state index contributed by atoms with van der Waals surface area (Å²) in [5, 5.41) is 5.03. The third-order valence-corrected chi connectivity index (χ3v) is 8.88. The molecule has 3 N–H and O–H groups in total. The van der Waals surface area contributed by atoms with Crippen molar-refractivity contribution in [1.29, 1.82) is 0 Å². The molecular formula is C33H34BF2N5O7S. The Balaban J connectivity index is 1.48. The Bertz CT molecular complexity index is 2140. The molecule has 0 spiro atoms. The molecule has 256 valence electrons. The van der Waals surface area contributed by atoms with Crippen molar-refractivity contribution in [3.8, 4) is 5.69 Å². The highest BCUT2D eigenvalue weighted by Gasteiger charge is 2.25. The highest BCUT2D eigenvalue weighted by atomic mass is 32.2. The zero-order valence-corrected chi connectivity index (χ0v) is 28.4. The van der Waals surface area contributed by atoms with Gasteiger partial charge in [0.2, 0.25) is 5.91 Å². The highest BCUT2D eigenvalue weighted by Crippen LogP contribution is 2.25. The number of aryl methyl sites for hydroxylation is 2. The fourth-order valence-corrected chi connectivity index (χ4v) is 5.70. The smallest absolute Gasteiger partial charge is 0.335 e. The van der Waals surface area contributed by atoms with E-state index in [0.29, 0.717) is 28.9 Å². The maximum absolute atomic E-state index is 15.1. The van der Waals surface area contributed by atoms with Crippen LogP contribution in [0.5, 0.6) is 0 Å². The van der Waals surface area contributed by atoms with E-state index in [1.54, 1.807) is 39.8 Å². The van der Waals surface area contributed by atoms with Crippen LogP contribution in [0.4, 0.5) is 20.2 Å². The summed E-state index contributed by atoms with van der Waals surface area (Å²) in [4.78, 5) is 62.4. The van der Waals surface area contributed by atoms with Gasteiger partial charge in [-0.05, 0) is 61.4 Å². The predicted molar refractivity (Wildman–Crippen MR) is 182 cm³/mol. The molecule has 0 bridgehead atoms. The number of carbonyl (C=O) groups excluding carboxylic acids is 3. The first-order valence-corrected chi connectivity index (χ1v) is 16.4. The van der Waals surface area contributed by atoms with Gasteiger partial charge in [0, 0.05) is 36.0 Å². The second-order valence-corrected chi connectivity index (χ2v) is 14.2. The van der Waals surface area contributed by atoms with Crippen molar-refractivity contribution < 1.29 is 31.6 Å². The van der Waals surface area contributed by atoms with Crippen LogP contribution < -0.4 is 26.6 Å². The van der Waals surface area contributed by atoms with Gasteiger partial charge in [0.05, 0.1) is 27.9 Å². The second kappa shape index (κ2) is 14.0. The first kappa shape index (κ1) is 36.5. The average Bonchev–Trinajstić information content (AvgIpc) is 3.01. The molecule has 0 saturated heterocycles. The van der Waals surface area contributed by atoms with Crippen molar-refractivity contribution in [2.45, 2.75) is 45.1 Å². The number of nitrogens with one attached hydrogen (secondary N) is 3. The molecule has 2 amide bonds. The van der Waals surface area contributed by atoms with E-state index in [9.17, 15) is 32.4 Å². The number of benzene rings is 3. The number of hydrogen-bond donors (Lipinski definition) is 3. The van der Waals surface area contributed by atoms with Gasteiger partial charge in [-0.2, -0.15) is 0 Å². The van der Waals surface area contributed by atoms with E-state index in [4.69, 9.17) is 0 Å². The van der Waals surface area contributed by atoms with Crippen LogP contribution in [-0.4, -0.2) is 48.9 Å². The van der Waals surface area contributed by atoms with Crippen molar-refractivity contribution in [2.24, 2.45) is 12.5 Å². The minimum atomic E-state index is -4.41. The van der Waals surface area contributed by atoms with E-state index < -0.39 is 67.2 Å². The standard InChI is InChI=1S/C33H34BF2N5O7S/c1-18-17-40(5)32(46)41(30(18)44)21-10-6-19(7-11-21)14-27(28(34)42)38-29(43)23-15-25(36)26(16-24(23)35)39-49(47,48)22-12-8-20(9-13-22)37-31(45)33(2,3)4/h6-13,15-17,27,39H,14,34H2,1-5H3,(H,37,45)(H,38,43)/t27-/m0/s1. The quantitative estimate of drug-likeness (QED) is 0.215. The number of nitrogens with zero attached hydrogens (tertiary/aromatic N) is 2. The van der Waals surface area contributed by atoms with Gasteiger partial charge in [0.25, 0.3) is 21.5 Å². The lowest BCUT2D eigenvalue weighted by Crippen LogP contribution is -2.43. The molecule has 49 heavy (non-hydrogen) atoms. The van der Waals surface area contributed by atoms with Crippen LogP contribution in [0.15, 0.2) is 81.3 Å². The molecular weight excluding hydrogens is 659 g/mol. The lowest BCUT2D eigenvalue weighted by Gasteiger charge is -2.18. The Labute approximate surface area is 281 Å². The van der Waals surface area contributed by atoms with Crippen molar-refractivity contribution in [3.63, 3.8) is 0 Å². The molecule has 1 atom stereocenters. The first-order chi connectivity index (χ1) is 22.8. The summed E-state index contributed by atoms with van der Waals surface area (Å²) in [6.45, 7) is 6.70. The molecule has 0 aliphatic rings. The van der Waals surface area contributed by atoms with Gasteiger partial charge in [-0.15, -0.1) is 0 Å². The molecule has 0 fully saturated rings. The third kappa shape index (κ3) is 8.38. The topological polar surface area (TPSA) is 165 Å². The molecule has 1 aromatic heterocycles. The SMILES string of the molecule is BC(=O)[C@H](Cc1ccc(-n2c(=O)c(C)cn(C)c2=O)cc1)NC(=O)c1cc(F)c(NS(=O)(=O)c2ccc(NC(=O)C(C)(C)C)cc2)cc1F. The summed E-state index contributed by atoms with van der Waals surface area (Å²) >= 11 is 0. The number of amides is 2. The van der Waals surface area contributed by atoms with Crippen molar-refractivity contribution in [2.75, 3.05) is 10.0 Å². The van der Waals surface area contributed by atoms with E-state index in [-0.39, 0.29) is 22.9 Å². The monoisotopic (exact) mass is 693 g/mol. The van der Waals surface area contributed by atoms with Gasteiger partial charge in [-0.3, -0.25) is 19.1 Å². The fourth-order valence-electron chi connectivity index (χ4n) is 4.64. The van der Waals surface area contributed by atoms with E-state index in [1.165, 1.54) is 62.1 Å². The summed E-state index contributed by atoms with van der Waals surface area (Å²) < 4.78 is 60.2. The fraction of sp³-hybridized carbons (Fsp3) is 0.242. The molecule has 1 heterocycles. The Kier molecular flexibility index (Phi) is 10.4. The van der Waals surface area contributed by atoms with Crippen molar-refractivity contribution >= 4 is 46.7 Å². The highest BCUT2D eigenvalue weighted by molar-refractivity contribution is 7.92. The largest absolute Gasteiger partial charge is 0.343 e. The van der Waals surface area contributed by atoms with E-state index in [2.05, 4.69) is 10.6 Å². The van der Waals surface area contributed by atoms with Gasteiger partial charge in [0.1, 0.15) is 17.3 Å². The average molecular weight is 694 g/mol. The number of rotatable bonds is 10. The maximum Gasteiger partial charge on any atom is 0.335 e. The normalized spacial score (nSPS) is 12.2. The summed E-state index contributed by atoms with van der Waals surface area (Å²) in [5.41, 5.74) is -2.24. The molecule has 0 aliphatic carbocycles. The van der Waals surface area contributed by atoms with Crippen LogP contribution in [0.1, 0.15) is 42.3 Å². The second-order valence-electron chi connectivity index (χ2n) is 12.5. The van der Waals surface area contributed by atoms with Crippen LogP contribution in [-0.2, 0) is 33.1 Å². The zero-order chi connectivity index (χ0) is 36.4. The molecule has 16 heteroatoms. The van der Waals surface area contributed by atoms with Gasteiger partial charge >= 0.3 is 5.69 Å². The molecule has 0 unspecified atom stereocenters. The van der Waals surface area contributed by atoms with E-state index in [0.717, 1.165) is 4.57 Å². The summed E-state index contributed by atoms with van der Waals surface area (Å²) in [7, 11) is -1.69. The van der Waals surface area contributed by atoms with Crippen LogP contribution in [0.2, 0.25) is 0 Å². The van der Waals surface area contributed by atoms with Crippen molar-refractivity contribution in [3.05, 3.63) is 116 Å². The Morgan fingerprint density at radius 1 is 0.939 bits per heavy atom. The van der Waals surface area contributed by atoms with E-state index >= 15 is 8.78 Å².